The SMILES string of the molecule is CC(C)c1cc(NC(=O)CN2CCC(N)CC2)n[nH]1. The van der Waals surface area contributed by atoms with Crippen LogP contribution in [0.5, 0.6) is 0 Å². The number of nitrogens with two attached hydrogens (primary N) is 1. The van der Waals surface area contributed by atoms with Gasteiger partial charge < -0.3 is 11.1 Å². The molecule has 0 aromatic carbocycles. The first kappa shape index (κ1) is 14.0. The summed E-state index contributed by atoms with van der Waals surface area (Å²) in [6.07, 6.45) is 1.93. The van der Waals surface area contributed by atoms with Crippen molar-refractivity contribution in [1.82, 2.24) is 15.1 Å². The van der Waals surface area contributed by atoms with Gasteiger partial charge in [-0.15, -0.1) is 0 Å². The summed E-state index contributed by atoms with van der Waals surface area (Å²) in [7, 11) is 0. The normalized spacial score (nSPS) is 17.9. The lowest BCUT2D eigenvalue weighted by Gasteiger charge is -2.29. The largest absolute Gasteiger partial charge is 0.328 e. The van der Waals surface area contributed by atoms with Crippen LogP contribution in [-0.2, 0) is 4.79 Å². The second kappa shape index (κ2) is 6.16. The maximum absolute atomic E-state index is 11.9. The highest BCUT2D eigenvalue weighted by atomic mass is 16.2. The molecule has 1 fully saturated rings. The lowest BCUT2D eigenvalue weighted by Crippen LogP contribution is -2.43. The predicted molar refractivity (Wildman–Crippen MR) is 75.0 cm³/mol. The fraction of sp³-hybridized carbons (Fsp3) is 0.692. The van der Waals surface area contributed by atoms with Gasteiger partial charge in [0.2, 0.25) is 5.91 Å². The van der Waals surface area contributed by atoms with E-state index in [1.54, 1.807) is 0 Å². The molecule has 19 heavy (non-hydrogen) atoms. The maximum atomic E-state index is 11.9. The number of nitrogens with zero attached hydrogens (tertiary/aromatic N) is 2. The van der Waals surface area contributed by atoms with Gasteiger partial charge in [-0.2, -0.15) is 5.10 Å². The van der Waals surface area contributed by atoms with E-state index in [9.17, 15) is 4.79 Å². The number of carbonyl (C=O) groups is 1. The van der Waals surface area contributed by atoms with Crippen molar-refractivity contribution >= 4 is 11.7 Å². The molecule has 0 atom stereocenters. The smallest absolute Gasteiger partial charge is 0.239 e. The molecule has 1 aliphatic heterocycles. The van der Waals surface area contributed by atoms with Crippen LogP contribution in [0.25, 0.3) is 0 Å². The minimum atomic E-state index is -0.0164. The minimum absolute atomic E-state index is 0.0164. The van der Waals surface area contributed by atoms with Crippen LogP contribution in [0.3, 0.4) is 0 Å². The van der Waals surface area contributed by atoms with Gasteiger partial charge in [-0.05, 0) is 18.8 Å². The summed E-state index contributed by atoms with van der Waals surface area (Å²) in [5.41, 5.74) is 6.87. The van der Waals surface area contributed by atoms with E-state index in [0.717, 1.165) is 31.6 Å². The summed E-state index contributed by atoms with van der Waals surface area (Å²) < 4.78 is 0. The van der Waals surface area contributed by atoms with E-state index in [1.807, 2.05) is 6.07 Å². The van der Waals surface area contributed by atoms with Crippen molar-refractivity contribution in [3.63, 3.8) is 0 Å². The number of aromatic nitrogens is 2. The Balaban J connectivity index is 1.80. The zero-order valence-corrected chi connectivity index (χ0v) is 11.6. The van der Waals surface area contributed by atoms with Gasteiger partial charge in [-0.25, -0.2) is 0 Å². The monoisotopic (exact) mass is 265 g/mol. The quantitative estimate of drug-likeness (QED) is 0.754. The highest BCUT2D eigenvalue weighted by Gasteiger charge is 2.18. The van der Waals surface area contributed by atoms with Gasteiger partial charge in [-0.1, -0.05) is 13.8 Å². The standard InChI is InChI=1S/C13H23N5O/c1-9(2)11-7-12(17-16-11)15-13(19)8-18-5-3-10(14)4-6-18/h7,9-10H,3-6,8,14H2,1-2H3,(H2,15,16,17,19). The van der Waals surface area contributed by atoms with Crippen molar-refractivity contribution in [2.24, 2.45) is 5.73 Å². The molecule has 1 aliphatic rings. The van der Waals surface area contributed by atoms with Crippen LogP contribution >= 0.6 is 0 Å². The first-order valence-electron chi connectivity index (χ1n) is 6.87. The maximum Gasteiger partial charge on any atom is 0.239 e. The Morgan fingerprint density at radius 1 is 1.58 bits per heavy atom. The molecular formula is C13H23N5O. The van der Waals surface area contributed by atoms with Crippen LogP contribution in [-0.4, -0.2) is 46.7 Å². The number of likely N-dealkylation sites (tertiary alicyclic amines) is 1. The summed E-state index contributed by atoms with van der Waals surface area (Å²) in [5, 5.41) is 9.83. The van der Waals surface area contributed by atoms with E-state index in [0.29, 0.717) is 24.3 Å². The van der Waals surface area contributed by atoms with Gasteiger partial charge in [-0.3, -0.25) is 14.8 Å². The zero-order valence-electron chi connectivity index (χ0n) is 11.6. The molecule has 106 valence electrons. The van der Waals surface area contributed by atoms with Crippen molar-refractivity contribution in [3.05, 3.63) is 11.8 Å². The molecule has 1 saturated heterocycles. The highest BCUT2D eigenvalue weighted by Crippen LogP contribution is 2.15. The zero-order chi connectivity index (χ0) is 13.8. The average molecular weight is 265 g/mol. The summed E-state index contributed by atoms with van der Waals surface area (Å²) in [5.74, 6) is 0.960. The molecule has 1 aromatic heterocycles. The van der Waals surface area contributed by atoms with E-state index in [-0.39, 0.29) is 5.91 Å². The summed E-state index contributed by atoms with van der Waals surface area (Å²) in [4.78, 5) is 14.0. The van der Waals surface area contributed by atoms with Crippen LogP contribution in [0.4, 0.5) is 5.82 Å². The number of hydrogen-bond acceptors (Lipinski definition) is 4. The third kappa shape index (κ3) is 4.04. The molecule has 0 aliphatic carbocycles. The fourth-order valence-electron chi connectivity index (χ4n) is 2.19. The number of hydrogen-bond donors (Lipinski definition) is 3. The Bertz CT molecular complexity index is 420. The van der Waals surface area contributed by atoms with Crippen molar-refractivity contribution in [3.8, 4) is 0 Å². The molecule has 0 saturated carbocycles. The molecule has 0 bridgehead atoms. The molecule has 4 N–H and O–H groups in total. The van der Waals surface area contributed by atoms with E-state index in [2.05, 4.69) is 34.3 Å². The van der Waals surface area contributed by atoms with Gasteiger partial charge in [0.15, 0.2) is 5.82 Å². The molecule has 0 unspecified atom stereocenters. The molecule has 1 aromatic rings. The molecule has 2 rings (SSSR count). The van der Waals surface area contributed by atoms with Gasteiger partial charge in [0, 0.05) is 30.9 Å². The van der Waals surface area contributed by atoms with E-state index in [1.165, 1.54) is 0 Å². The van der Waals surface area contributed by atoms with Crippen molar-refractivity contribution in [1.29, 1.82) is 0 Å². The Morgan fingerprint density at radius 2 is 2.26 bits per heavy atom. The van der Waals surface area contributed by atoms with Gasteiger partial charge >= 0.3 is 0 Å². The van der Waals surface area contributed by atoms with Gasteiger partial charge in [0.25, 0.3) is 0 Å². The van der Waals surface area contributed by atoms with Crippen molar-refractivity contribution in [2.45, 2.75) is 38.6 Å². The van der Waals surface area contributed by atoms with Crippen molar-refractivity contribution < 1.29 is 4.79 Å². The Hall–Kier alpha value is -1.40. The van der Waals surface area contributed by atoms with Crippen LogP contribution in [0.2, 0.25) is 0 Å². The van der Waals surface area contributed by atoms with Crippen LogP contribution in [0.1, 0.15) is 38.3 Å². The first-order chi connectivity index (χ1) is 9.04. The Morgan fingerprint density at radius 3 is 2.84 bits per heavy atom. The topological polar surface area (TPSA) is 87.0 Å². The first-order valence-corrected chi connectivity index (χ1v) is 6.87. The molecule has 6 nitrogen and oxygen atoms in total. The van der Waals surface area contributed by atoms with E-state index >= 15 is 0 Å². The molecule has 0 radical (unpaired) electrons. The molecular weight excluding hydrogens is 242 g/mol. The van der Waals surface area contributed by atoms with Gasteiger partial charge in [0.1, 0.15) is 0 Å². The summed E-state index contributed by atoms with van der Waals surface area (Å²) >= 11 is 0. The third-order valence-electron chi connectivity index (χ3n) is 3.49. The lowest BCUT2D eigenvalue weighted by atomic mass is 10.1. The van der Waals surface area contributed by atoms with E-state index in [4.69, 9.17) is 5.73 Å². The Kier molecular flexibility index (Phi) is 4.55. The molecule has 2 heterocycles. The van der Waals surface area contributed by atoms with Crippen LogP contribution in [0, 0.1) is 0 Å². The number of piperidine rings is 1. The summed E-state index contributed by atoms with van der Waals surface area (Å²) in [6, 6.07) is 2.17. The minimum Gasteiger partial charge on any atom is -0.328 e. The molecule has 6 heteroatoms. The number of anilines is 1. The molecule has 1 amide bonds. The number of H-pyrrole nitrogens is 1. The predicted octanol–water partition coefficient (Wildman–Crippen LogP) is 0.895. The van der Waals surface area contributed by atoms with Crippen LogP contribution in [0.15, 0.2) is 6.07 Å². The molecule has 0 spiro atoms. The Labute approximate surface area is 113 Å². The number of amides is 1. The average Bonchev–Trinajstić information content (AvgIpc) is 2.80. The number of rotatable bonds is 4. The second-order valence-corrected chi connectivity index (χ2v) is 5.52. The number of aromatic amines is 1. The summed E-state index contributed by atoms with van der Waals surface area (Å²) in [6.45, 7) is 6.36. The lowest BCUT2D eigenvalue weighted by molar-refractivity contribution is -0.117. The second-order valence-electron chi connectivity index (χ2n) is 5.52. The fourth-order valence-corrected chi connectivity index (χ4v) is 2.19. The van der Waals surface area contributed by atoms with Crippen molar-refractivity contribution in [2.75, 3.05) is 25.0 Å². The number of nitrogens with one attached hydrogen (secondary N) is 2. The third-order valence-corrected chi connectivity index (χ3v) is 3.49. The van der Waals surface area contributed by atoms with Gasteiger partial charge in [0.05, 0.1) is 6.54 Å². The number of carbonyl (C=O) groups excluding carboxylic acids is 1. The highest BCUT2D eigenvalue weighted by molar-refractivity contribution is 5.91. The van der Waals surface area contributed by atoms with E-state index < -0.39 is 0 Å². The van der Waals surface area contributed by atoms with Crippen LogP contribution < -0.4 is 11.1 Å².